The first-order chi connectivity index (χ1) is 14.8. The molecule has 3 aliphatic rings. The Morgan fingerprint density at radius 2 is 1.97 bits per heavy atom. The van der Waals surface area contributed by atoms with Crippen LogP contribution >= 0.6 is 0 Å². The molecule has 3 aliphatic heterocycles. The second kappa shape index (κ2) is 8.92. The Bertz CT molecular complexity index is 999. The number of piperidine rings is 3. The molecule has 0 saturated carbocycles. The first-order valence-electron chi connectivity index (χ1n) is 11.3. The van der Waals surface area contributed by atoms with E-state index < -0.39 is 10.0 Å². The molecule has 2 aromatic rings. The van der Waals surface area contributed by atoms with Gasteiger partial charge in [0.25, 0.3) is 0 Å². The third kappa shape index (κ3) is 4.81. The van der Waals surface area contributed by atoms with Crippen LogP contribution in [0.3, 0.4) is 0 Å². The van der Waals surface area contributed by atoms with Gasteiger partial charge in [0.15, 0.2) is 0 Å². The number of hydrogen-bond acceptors (Lipinski definition) is 5. The SMILES string of the molecule is CCCS(=O)(=O)NC[C@H]1C[C@@H]2CCN1C[C@@H]2c1cc(-c2ccc(N(C)C)cc2)nn1C. The van der Waals surface area contributed by atoms with Crippen molar-refractivity contribution in [2.75, 3.05) is 44.4 Å². The molecule has 1 aromatic carbocycles. The summed E-state index contributed by atoms with van der Waals surface area (Å²) >= 11 is 0. The van der Waals surface area contributed by atoms with E-state index in [1.807, 2.05) is 32.7 Å². The number of anilines is 1. The summed E-state index contributed by atoms with van der Waals surface area (Å²) in [5, 5.41) is 4.82. The smallest absolute Gasteiger partial charge is 0.211 e. The maximum Gasteiger partial charge on any atom is 0.211 e. The Morgan fingerprint density at radius 3 is 2.58 bits per heavy atom. The molecule has 31 heavy (non-hydrogen) atoms. The van der Waals surface area contributed by atoms with Gasteiger partial charge >= 0.3 is 0 Å². The highest BCUT2D eigenvalue weighted by Gasteiger charge is 2.42. The number of nitrogens with zero attached hydrogens (tertiary/aromatic N) is 4. The summed E-state index contributed by atoms with van der Waals surface area (Å²) in [6.07, 6.45) is 2.85. The van der Waals surface area contributed by atoms with Gasteiger partial charge in [-0.3, -0.25) is 9.58 Å². The van der Waals surface area contributed by atoms with Gasteiger partial charge in [-0.2, -0.15) is 5.10 Å². The first kappa shape index (κ1) is 22.3. The molecule has 3 saturated heterocycles. The molecule has 1 unspecified atom stereocenters. The molecule has 0 spiro atoms. The zero-order valence-corrected chi connectivity index (χ0v) is 19.9. The summed E-state index contributed by atoms with van der Waals surface area (Å²) in [5.74, 6) is 1.23. The number of rotatable bonds is 8. The van der Waals surface area contributed by atoms with E-state index in [-0.39, 0.29) is 5.75 Å². The van der Waals surface area contributed by atoms with Crippen LogP contribution in [0.1, 0.15) is 37.8 Å². The van der Waals surface area contributed by atoms with Crippen LogP contribution in [0, 0.1) is 5.92 Å². The Labute approximate surface area is 186 Å². The normalized spacial score (nSPS) is 25.7. The predicted octanol–water partition coefficient (Wildman–Crippen LogP) is 2.66. The Hall–Kier alpha value is -1.90. The Morgan fingerprint density at radius 1 is 1.23 bits per heavy atom. The van der Waals surface area contributed by atoms with Gasteiger partial charge < -0.3 is 4.90 Å². The maximum absolute atomic E-state index is 12.1. The summed E-state index contributed by atoms with van der Waals surface area (Å²) in [6.45, 7) is 4.45. The zero-order valence-electron chi connectivity index (χ0n) is 19.1. The van der Waals surface area contributed by atoms with E-state index in [0.29, 0.717) is 30.8 Å². The summed E-state index contributed by atoms with van der Waals surface area (Å²) in [4.78, 5) is 4.57. The van der Waals surface area contributed by atoms with Crippen LogP contribution < -0.4 is 9.62 Å². The fraction of sp³-hybridized carbons (Fsp3) is 0.609. The van der Waals surface area contributed by atoms with Crippen molar-refractivity contribution in [3.05, 3.63) is 36.0 Å². The zero-order chi connectivity index (χ0) is 22.2. The van der Waals surface area contributed by atoms with Crippen molar-refractivity contribution in [1.29, 1.82) is 0 Å². The van der Waals surface area contributed by atoms with Gasteiger partial charge in [0.2, 0.25) is 10.0 Å². The standard InChI is InChI=1S/C23H35N5O2S/c1-5-12-31(29,30)24-15-20-13-18-10-11-28(20)16-21(18)23-14-22(25-27(23)4)17-6-8-19(9-7-17)26(2)3/h6-9,14,18,20-21,24H,5,10-13,15-16H2,1-4H3/t18-,20+,21-/m0/s1. The van der Waals surface area contributed by atoms with Crippen LogP contribution in [0.4, 0.5) is 5.69 Å². The van der Waals surface area contributed by atoms with Crippen molar-refractivity contribution in [2.24, 2.45) is 13.0 Å². The number of fused-ring (bicyclic) bond motifs is 3. The van der Waals surface area contributed by atoms with Crippen molar-refractivity contribution in [1.82, 2.24) is 19.4 Å². The second-order valence-corrected chi connectivity index (χ2v) is 11.2. The third-order valence-corrected chi connectivity index (χ3v) is 8.42. The van der Waals surface area contributed by atoms with E-state index in [2.05, 4.69) is 44.9 Å². The van der Waals surface area contributed by atoms with Gasteiger partial charge in [0.1, 0.15) is 0 Å². The van der Waals surface area contributed by atoms with E-state index in [1.165, 1.54) is 17.8 Å². The van der Waals surface area contributed by atoms with Crippen molar-refractivity contribution in [2.45, 2.75) is 38.1 Å². The number of hydrogen-bond donors (Lipinski definition) is 1. The van der Waals surface area contributed by atoms with Crippen LogP contribution in [0.5, 0.6) is 0 Å². The molecule has 4 atom stereocenters. The molecular weight excluding hydrogens is 410 g/mol. The van der Waals surface area contributed by atoms with Gasteiger partial charge in [-0.25, -0.2) is 13.1 Å². The number of benzene rings is 1. The van der Waals surface area contributed by atoms with Crippen molar-refractivity contribution in [3.8, 4) is 11.3 Å². The minimum absolute atomic E-state index is 0.207. The molecule has 0 amide bonds. The fourth-order valence-electron chi connectivity index (χ4n) is 5.15. The monoisotopic (exact) mass is 445 g/mol. The highest BCUT2D eigenvalue weighted by atomic mass is 32.2. The molecule has 4 heterocycles. The van der Waals surface area contributed by atoms with Crippen LogP contribution in [-0.4, -0.2) is 68.6 Å². The molecule has 3 fully saturated rings. The van der Waals surface area contributed by atoms with Crippen molar-refractivity contribution in [3.63, 3.8) is 0 Å². The molecule has 5 rings (SSSR count). The van der Waals surface area contributed by atoms with E-state index in [9.17, 15) is 8.42 Å². The van der Waals surface area contributed by atoms with Crippen LogP contribution in [0.15, 0.2) is 30.3 Å². The molecule has 170 valence electrons. The van der Waals surface area contributed by atoms with Gasteiger partial charge in [0, 0.05) is 63.1 Å². The molecule has 1 N–H and O–H groups in total. The summed E-state index contributed by atoms with van der Waals surface area (Å²) < 4.78 is 29.0. The van der Waals surface area contributed by atoms with Gasteiger partial charge in [-0.05, 0) is 49.9 Å². The lowest BCUT2D eigenvalue weighted by molar-refractivity contribution is 0.0306. The molecule has 0 radical (unpaired) electrons. The Balaban J connectivity index is 1.46. The molecule has 2 bridgehead atoms. The molecule has 1 aromatic heterocycles. The number of sulfonamides is 1. The summed E-state index contributed by atoms with van der Waals surface area (Å²) in [7, 11) is 2.98. The summed E-state index contributed by atoms with van der Waals surface area (Å²) in [5.41, 5.74) is 4.62. The number of aryl methyl sites for hydroxylation is 1. The predicted molar refractivity (Wildman–Crippen MR) is 126 cm³/mol. The van der Waals surface area contributed by atoms with Gasteiger partial charge in [-0.15, -0.1) is 0 Å². The fourth-order valence-corrected chi connectivity index (χ4v) is 6.28. The lowest BCUT2D eigenvalue weighted by Crippen LogP contribution is -2.56. The van der Waals surface area contributed by atoms with Crippen molar-refractivity contribution < 1.29 is 8.42 Å². The highest BCUT2D eigenvalue weighted by Crippen LogP contribution is 2.42. The van der Waals surface area contributed by atoms with Crippen LogP contribution in [-0.2, 0) is 17.1 Å². The highest BCUT2D eigenvalue weighted by molar-refractivity contribution is 7.89. The third-order valence-electron chi connectivity index (χ3n) is 6.87. The van der Waals surface area contributed by atoms with Gasteiger partial charge in [0.05, 0.1) is 11.4 Å². The van der Waals surface area contributed by atoms with E-state index >= 15 is 0 Å². The molecule has 0 aliphatic carbocycles. The van der Waals surface area contributed by atoms with Gasteiger partial charge in [-0.1, -0.05) is 19.1 Å². The minimum Gasteiger partial charge on any atom is -0.378 e. The quantitative estimate of drug-likeness (QED) is 0.677. The summed E-state index contributed by atoms with van der Waals surface area (Å²) in [6, 6.07) is 11.1. The lowest BCUT2D eigenvalue weighted by atomic mass is 9.74. The lowest BCUT2D eigenvalue weighted by Gasteiger charge is -2.49. The Kier molecular flexibility index (Phi) is 6.42. The first-order valence-corrected chi connectivity index (χ1v) is 13.0. The van der Waals surface area contributed by atoms with E-state index in [0.717, 1.165) is 30.8 Å². The topological polar surface area (TPSA) is 70.5 Å². The second-order valence-electron chi connectivity index (χ2n) is 9.23. The minimum atomic E-state index is -3.15. The molecule has 7 nitrogen and oxygen atoms in total. The van der Waals surface area contributed by atoms with E-state index in [1.54, 1.807) is 0 Å². The number of aromatic nitrogens is 2. The average molecular weight is 446 g/mol. The largest absolute Gasteiger partial charge is 0.378 e. The van der Waals surface area contributed by atoms with E-state index in [4.69, 9.17) is 5.10 Å². The maximum atomic E-state index is 12.1. The van der Waals surface area contributed by atoms with Crippen molar-refractivity contribution >= 4 is 15.7 Å². The van der Waals surface area contributed by atoms with Crippen LogP contribution in [0.2, 0.25) is 0 Å². The van der Waals surface area contributed by atoms with Crippen LogP contribution in [0.25, 0.3) is 11.3 Å². The average Bonchev–Trinajstić information content (AvgIpc) is 3.14. The molecule has 8 heteroatoms. The number of nitrogens with one attached hydrogen (secondary N) is 1. The molecular formula is C23H35N5O2S.